The molecule has 1 heterocycles. The molecule has 1 aliphatic carbocycles. The lowest BCUT2D eigenvalue weighted by atomic mass is 9.92. The van der Waals surface area contributed by atoms with Gasteiger partial charge in [-0.05, 0) is 74.2 Å². The van der Waals surface area contributed by atoms with Gasteiger partial charge in [-0.1, -0.05) is 23.2 Å². The summed E-state index contributed by atoms with van der Waals surface area (Å²) in [6.07, 6.45) is 4.25. The number of imide groups is 2. The third-order valence-corrected chi connectivity index (χ3v) is 5.97. The molecule has 9 nitrogen and oxygen atoms in total. The average Bonchev–Trinajstić information content (AvgIpc) is 3.19. The van der Waals surface area contributed by atoms with Crippen molar-refractivity contribution < 1.29 is 19.4 Å². The Morgan fingerprint density at radius 3 is 2.18 bits per heavy atom. The van der Waals surface area contributed by atoms with Crippen molar-refractivity contribution in [2.75, 3.05) is 10.2 Å². The second kappa shape index (κ2) is 10.1. The summed E-state index contributed by atoms with van der Waals surface area (Å²) in [4.78, 5) is 42.5. The molecule has 6 amide bonds. The van der Waals surface area contributed by atoms with Crippen molar-refractivity contribution in [2.45, 2.75) is 37.8 Å². The lowest BCUT2D eigenvalue weighted by Gasteiger charge is -2.20. The highest BCUT2D eigenvalue weighted by Crippen LogP contribution is 2.20. The minimum absolute atomic E-state index is 0.233. The standard InChI is InChI=1S/C22H22Cl2N6O3/c23-13-5-9-15(10-6-13)25-20(31)29-22(33)30(16-11-7-14(24)8-12-16)21(32)28-19-26-17-3-1-2-4-18(17)27-19/h5-12,17-18H,1-4H2,(H2,25,29,31,33)(H2,26,27,28,32)/p+1/t17-,18-/m1/s1. The molecule has 2 atom stereocenters. The molecule has 5 N–H and O–H groups in total. The number of guanidine groups is 1. The summed E-state index contributed by atoms with van der Waals surface area (Å²) in [6, 6.07) is 10.5. The predicted molar refractivity (Wildman–Crippen MR) is 127 cm³/mol. The van der Waals surface area contributed by atoms with E-state index in [9.17, 15) is 14.4 Å². The molecule has 0 saturated heterocycles. The van der Waals surface area contributed by atoms with Crippen LogP contribution in [0.3, 0.4) is 0 Å². The minimum atomic E-state index is -0.933. The number of halogens is 2. The Morgan fingerprint density at radius 1 is 0.879 bits per heavy atom. The highest BCUT2D eigenvalue weighted by atomic mass is 35.5. The SMILES string of the molecule is O=C(NC(=O)N(C(=O)NC1=[NH+][C@@H]2CCCC[C@H]2N1)c1ccc(Cl)cc1)Nc1ccc(Cl)cc1. The van der Waals surface area contributed by atoms with E-state index in [2.05, 4.69) is 26.3 Å². The summed E-state index contributed by atoms with van der Waals surface area (Å²) in [7, 11) is 0. The summed E-state index contributed by atoms with van der Waals surface area (Å²) in [6.45, 7) is 0. The number of rotatable bonds is 2. The number of nitrogens with zero attached hydrogens (tertiary/aromatic N) is 1. The summed E-state index contributed by atoms with van der Waals surface area (Å²) in [5.74, 6) is 0.439. The molecule has 4 rings (SSSR count). The smallest absolute Gasteiger partial charge is 0.308 e. The van der Waals surface area contributed by atoms with E-state index in [4.69, 9.17) is 23.2 Å². The van der Waals surface area contributed by atoms with Gasteiger partial charge in [-0.15, -0.1) is 0 Å². The molecule has 33 heavy (non-hydrogen) atoms. The Morgan fingerprint density at radius 2 is 1.52 bits per heavy atom. The van der Waals surface area contributed by atoms with E-state index in [1.807, 2.05) is 0 Å². The third kappa shape index (κ3) is 5.74. The number of hydrogen-bond acceptors (Lipinski definition) is 4. The van der Waals surface area contributed by atoms with Gasteiger partial charge < -0.3 is 5.32 Å². The van der Waals surface area contributed by atoms with Gasteiger partial charge in [-0.3, -0.25) is 15.6 Å². The third-order valence-electron chi connectivity index (χ3n) is 5.47. The average molecular weight is 490 g/mol. The second-order valence-corrected chi connectivity index (χ2v) is 8.67. The molecule has 11 heteroatoms. The van der Waals surface area contributed by atoms with Crippen LogP contribution in [0, 0.1) is 0 Å². The first kappa shape index (κ1) is 22.9. The quantitative estimate of drug-likeness (QED) is 0.445. The van der Waals surface area contributed by atoms with E-state index in [0.717, 1.165) is 30.6 Å². The first-order valence-corrected chi connectivity index (χ1v) is 11.3. The largest absolute Gasteiger partial charge is 0.395 e. The highest BCUT2D eigenvalue weighted by Gasteiger charge is 2.38. The fourth-order valence-corrected chi connectivity index (χ4v) is 4.14. The Bertz CT molecular complexity index is 1070. The van der Waals surface area contributed by atoms with Crippen molar-refractivity contribution >= 4 is 58.6 Å². The van der Waals surface area contributed by atoms with E-state index in [0.29, 0.717) is 21.7 Å². The maximum atomic E-state index is 13.1. The van der Waals surface area contributed by atoms with Crippen molar-refractivity contribution in [1.29, 1.82) is 0 Å². The van der Waals surface area contributed by atoms with Crippen LogP contribution in [-0.2, 0) is 0 Å². The minimum Gasteiger partial charge on any atom is -0.308 e. The normalized spacial score (nSPS) is 18.9. The number of urea groups is 3. The van der Waals surface area contributed by atoms with Crippen molar-refractivity contribution in [3.05, 3.63) is 58.6 Å². The number of nitrogens with one attached hydrogen (secondary N) is 5. The van der Waals surface area contributed by atoms with Crippen LogP contribution in [-0.4, -0.2) is 36.1 Å². The highest BCUT2D eigenvalue weighted by molar-refractivity contribution is 6.31. The van der Waals surface area contributed by atoms with Crippen molar-refractivity contribution in [1.82, 2.24) is 16.0 Å². The van der Waals surface area contributed by atoms with Gasteiger partial charge in [0.15, 0.2) is 0 Å². The zero-order chi connectivity index (χ0) is 23.4. The van der Waals surface area contributed by atoms with Crippen LogP contribution < -0.4 is 31.2 Å². The Labute approximate surface area is 200 Å². The lowest BCUT2D eigenvalue weighted by Crippen LogP contribution is -2.81. The van der Waals surface area contributed by atoms with Gasteiger partial charge in [0.2, 0.25) is 0 Å². The molecule has 2 aromatic rings. The van der Waals surface area contributed by atoms with Gasteiger partial charge in [-0.25, -0.2) is 14.4 Å². The van der Waals surface area contributed by atoms with Crippen LogP contribution in [0.5, 0.6) is 0 Å². The lowest BCUT2D eigenvalue weighted by molar-refractivity contribution is -0.500. The summed E-state index contributed by atoms with van der Waals surface area (Å²) >= 11 is 11.8. The molecular formula is C22H23Cl2N6O3+. The van der Waals surface area contributed by atoms with Gasteiger partial charge >= 0.3 is 24.1 Å². The number of amides is 6. The predicted octanol–water partition coefficient (Wildman–Crippen LogP) is 2.80. The molecule has 0 spiro atoms. The van der Waals surface area contributed by atoms with Gasteiger partial charge in [-0.2, -0.15) is 10.2 Å². The summed E-state index contributed by atoms with van der Waals surface area (Å²) < 4.78 is 0. The maximum Gasteiger partial charge on any atom is 0.395 e. The van der Waals surface area contributed by atoms with Gasteiger partial charge in [0.25, 0.3) is 0 Å². The van der Waals surface area contributed by atoms with Crippen molar-refractivity contribution in [3.63, 3.8) is 0 Å². The molecule has 1 saturated carbocycles. The zero-order valence-corrected chi connectivity index (χ0v) is 19.0. The van der Waals surface area contributed by atoms with Crippen LogP contribution >= 0.6 is 23.2 Å². The molecule has 1 fully saturated rings. The van der Waals surface area contributed by atoms with Gasteiger partial charge in [0.1, 0.15) is 12.1 Å². The Balaban J connectivity index is 1.47. The number of carbonyl (C=O) groups is 3. The van der Waals surface area contributed by atoms with E-state index in [1.165, 1.54) is 12.1 Å². The number of benzene rings is 2. The molecule has 172 valence electrons. The van der Waals surface area contributed by atoms with Gasteiger partial charge in [0, 0.05) is 15.7 Å². The monoisotopic (exact) mass is 489 g/mol. The zero-order valence-electron chi connectivity index (χ0n) is 17.5. The van der Waals surface area contributed by atoms with E-state index in [-0.39, 0.29) is 17.8 Å². The molecule has 1 aliphatic heterocycles. The summed E-state index contributed by atoms with van der Waals surface area (Å²) in [5.41, 5.74) is 0.675. The van der Waals surface area contributed by atoms with Crippen LogP contribution in [0.25, 0.3) is 0 Å². The molecule has 0 bridgehead atoms. The van der Waals surface area contributed by atoms with Crippen LogP contribution in [0.4, 0.5) is 25.8 Å². The Kier molecular flexibility index (Phi) is 7.00. The first-order valence-electron chi connectivity index (χ1n) is 10.5. The van der Waals surface area contributed by atoms with Crippen LogP contribution in [0.1, 0.15) is 25.7 Å². The molecule has 0 aromatic heterocycles. The van der Waals surface area contributed by atoms with E-state index >= 15 is 0 Å². The molecule has 2 aliphatic rings. The molecule has 0 radical (unpaired) electrons. The number of anilines is 2. The first-order chi connectivity index (χ1) is 15.9. The summed E-state index contributed by atoms with van der Waals surface area (Å²) in [5, 5.41) is 11.6. The van der Waals surface area contributed by atoms with Crippen LogP contribution in [0.15, 0.2) is 48.5 Å². The van der Waals surface area contributed by atoms with Crippen molar-refractivity contribution in [2.24, 2.45) is 0 Å². The van der Waals surface area contributed by atoms with E-state index < -0.39 is 18.1 Å². The number of fused-ring (bicyclic) bond motifs is 1. The van der Waals surface area contributed by atoms with E-state index in [1.54, 1.807) is 36.4 Å². The number of hydrogen-bond donors (Lipinski definition) is 5. The number of carbonyl (C=O) groups excluding carboxylic acids is 3. The topological polar surface area (TPSA) is 117 Å². The molecular weight excluding hydrogens is 467 g/mol. The fourth-order valence-electron chi connectivity index (χ4n) is 3.89. The van der Waals surface area contributed by atoms with Crippen molar-refractivity contribution in [3.8, 4) is 0 Å². The van der Waals surface area contributed by atoms with Gasteiger partial charge in [0.05, 0.1) is 5.69 Å². The molecule has 2 aromatic carbocycles. The van der Waals surface area contributed by atoms with Crippen LogP contribution in [0.2, 0.25) is 10.0 Å². The maximum absolute atomic E-state index is 13.1. The Hall–Kier alpha value is -3.30. The molecule has 0 unspecified atom stereocenters. The second-order valence-electron chi connectivity index (χ2n) is 7.79. The fraction of sp³-hybridized carbons (Fsp3) is 0.273.